The number of amides is 2. The van der Waals surface area contributed by atoms with E-state index in [1.165, 1.54) is 0 Å². The molecule has 1 fully saturated rings. The van der Waals surface area contributed by atoms with Crippen LogP contribution in [-0.4, -0.2) is 43.0 Å². The maximum atomic E-state index is 13.7. The summed E-state index contributed by atoms with van der Waals surface area (Å²) in [5.74, 6) is -0.351. The third-order valence-corrected chi connectivity index (χ3v) is 7.26. The van der Waals surface area contributed by atoms with Gasteiger partial charge in [0.1, 0.15) is 5.54 Å². The second kappa shape index (κ2) is 9.82. The van der Waals surface area contributed by atoms with Gasteiger partial charge in [0, 0.05) is 51.0 Å². The van der Waals surface area contributed by atoms with Gasteiger partial charge in [0.25, 0.3) is 11.8 Å². The second-order valence-electron chi connectivity index (χ2n) is 8.58. The van der Waals surface area contributed by atoms with Crippen molar-refractivity contribution in [3.05, 3.63) is 91.9 Å². The zero-order chi connectivity index (χ0) is 24.6. The Morgan fingerprint density at radius 2 is 1.83 bits per heavy atom. The zero-order valence-corrected chi connectivity index (χ0v) is 21.7. The molecule has 9 heteroatoms. The van der Waals surface area contributed by atoms with Crippen LogP contribution >= 0.6 is 39.1 Å². The summed E-state index contributed by atoms with van der Waals surface area (Å²) in [4.78, 5) is 28.9. The van der Waals surface area contributed by atoms with Crippen LogP contribution in [0.15, 0.2) is 65.1 Å². The number of rotatable bonds is 5. The third kappa shape index (κ3) is 4.78. The molecule has 1 atom stereocenters. The highest BCUT2D eigenvalue weighted by atomic mass is 79.9. The predicted octanol–water partition coefficient (Wildman–Crippen LogP) is 5.73. The fourth-order valence-electron chi connectivity index (χ4n) is 4.61. The molecule has 2 heterocycles. The van der Waals surface area contributed by atoms with Gasteiger partial charge >= 0.3 is 0 Å². The topological polar surface area (TPSA) is 70.7 Å². The van der Waals surface area contributed by atoms with Crippen molar-refractivity contribution < 1.29 is 14.3 Å². The van der Waals surface area contributed by atoms with Crippen molar-refractivity contribution >= 4 is 62.3 Å². The summed E-state index contributed by atoms with van der Waals surface area (Å²) in [5, 5.41) is 7.54. The smallest absolute Gasteiger partial charge is 0.256 e. The molecule has 2 N–H and O–H groups in total. The Hall–Kier alpha value is -2.58. The Labute approximate surface area is 221 Å². The molecule has 0 radical (unpaired) electrons. The van der Waals surface area contributed by atoms with Gasteiger partial charge in [-0.05, 0) is 48.0 Å². The van der Waals surface area contributed by atoms with E-state index >= 15 is 0 Å². The molecule has 0 aromatic heterocycles. The first kappa shape index (κ1) is 24.1. The van der Waals surface area contributed by atoms with Gasteiger partial charge in [-0.2, -0.15) is 0 Å². The quantitative estimate of drug-likeness (QED) is 0.408. The number of hydrogen-bond acceptors (Lipinski definition) is 4. The number of carbonyl (C=O) groups excluding carboxylic acids is 2. The summed E-state index contributed by atoms with van der Waals surface area (Å²) >= 11 is 16.0. The molecule has 3 aromatic rings. The number of ether oxygens (including phenoxy) is 1. The summed E-state index contributed by atoms with van der Waals surface area (Å²) in [5.41, 5.74) is 2.10. The van der Waals surface area contributed by atoms with Crippen LogP contribution in [0.1, 0.15) is 21.5 Å². The molecule has 0 aliphatic carbocycles. The maximum absolute atomic E-state index is 13.7. The fraction of sp³-hybridized carbons (Fsp3) is 0.231. The van der Waals surface area contributed by atoms with E-state index < -0.39 is 5.54 Å². The summed E-state index contributed by atoms with van der Waals surface area (Å²) in [7, 11) is 0. The number of benzene rings is 3. The van der Waals surface area contributed by atoms with Crippen molar-refractivity contribution in [1.29, 1.82) is 0 Å². The Balaban J connectivity index is 1.61. The Kier molecular flexibility index (Phi) is 6.77. The lowest BCUT2D eigenvalue weighted by Crippen LogP contribution is -2.45. The SMILES string of the molecule is O=C(c1ccc(Br)cc1NC1(Cc2cccc(Cl)c2)C(=O)Nc2cc(Cl)ccc21)N1CCOCC1. The summed E-state index contributed by atoms with van der Waals surface area (Å²) in [6.07, 6.45) is 0.311. The minimum absolute atomic E-state index is 0.115. The Morgan fingerprint density at radius 3 is 2.60 bits per heavy atom. The van der Waals surface area contributed by atoms with Gasteiger partial charge in [0.05, 0.1) is 18.8 Å². The molecule has 0 spiro atoms. The van der Waals surface area contributed by atoms with Gasteiger partial charge in [-0.3, -0.25) is 9.59 Å². The summed E-state index contributed by atoms with van der Waals surface area (Å²) in [6, 6.07) is 18.2. The van der Waals surface area contributed by atoms with Crippen LogP contribution in [-0.2, 0) is 21.5 Å². The highest BCUT2D eigenvalue weighted by Crippen LogP contribution is 2.43. The molecule has 0 saturated carbocycles. The highest BCUT2D eigenvalue weighted by Gasteiger charge is 2.47. The molecular weight excluding hydrogens is 553 g/mol. The van der Waals surface area contributed by atoms with Crippen molar-refractivity contribution in [1.82, 2.24) is 4.90 Å². The Morgan fingerprint density at radius 1 is 1.06 bits per heavy atom. The molecule has 0 bridgehead atoms. The first-order valence-electron chi connectivity index (χ1n) is 11.2. The van der Waals surface area contributed by atoms with Crippen molar-refractivity contribution in [2.24, 2.45) is 0 Å². The van der Waals surface area contributed by atoms with Crippen molar-refractivity contribution in [3.63, 3.8) is 0 Å². The number of nitrogens with zero attached hydrogens (tertiary/aromatic N) is 1. The number of nitrogens with one attached hydrogen (secondary N) is 2. The van der Waals surface area contributed by atoms with Gasteiger partial charge < -0.3 is 20.3 Å². The average Bonchev–Trinajstić information content (AvgIpc) is 3.09. The summed E-state index contributed by atoms with van der Waals surface area (Å²) < 4.78 is 6.19. The molecule has 2 amide bonds. The largest absolute Gasteiger partial charge is 0.378 e. The number of carbonyl (C=O) groups is 2. The summed E-state index contributed by atoms with van der Waals surface area (Å²) in [6.45, 7) is 2.04. The number of anilines is 2. The van der Waals surface area contributed by atoms with Crippen LogP contribution in [0.5, 0.6) is 0 Å². The third-order valence-electron chi connectivity index (χ3n) is 6.29. The van der Waals surface area contributed by atoms with Crippen molar-refractivity contribution in [2.45, 2.75) is 12.0 Å². The monoisotopic (exact) mass is 573 g/mol. The maximum Gasteiger partial charge on any atom is 0.256 e. The van der Waals surface area contributed by atoms with Crippen LogP contribution in [0.25, 0.3) is 0 Å². The minimum atomic E-state index is -1.19. The van der Waals surface area contributed by atoms with E-state index in [9.17, 15) is 9.59 Å². The lowest BCUT2D eigenvalue weighted by atomic mass is 9.84. The fourth-order valence-corrected chi connectivity index (χ4v) is 5.36. The van der Waals surface area contributed by atoms with Gasteiger partial charge in [0.15, 0.2) is 0 Å². The number of hydrogen-bond donors (Lipinski definition) is 2. The number of morpholine rings is 1. The van der Waals surface area contributed by atoms with Crippen LogP contribution in [0.3, 0.4) is 0 Å². The molecule has 2 aliphatic rings. The number of fused-ring (bicyclic) bond motifs is 1. The van der Waals surface area contributed by atoms with Crippen molar-refractivity contribution in [2.75, 3.05) is 36.9 Å². The van der Waals surface area contributed by atoms with Crippen LogP contribution in [0.4, 0.5) is 11.4 Å². The molecule has 2 aliphatic heterocycles. The number of halogens is 3. The van der Waals surface area contributed by atoms with Gasteiger partial charge in [-0.25, -0.2) is 0 Å². The van der Waals surface area contributed by atoms with E-state index in [0.717, 1.165) is 15.6 Å². The average molecular weight is 575 g/mol. The van der Waals surface area contributed by atoms with Crippen molar-refractivity contribution in [3.8, 4) is 0 Å². The van der Waals surface area contributed by atoms with E-state index in [-0.39, 0.29) is 11.8 Å². The zero-order valence-electron chi connectivity index (χ0n) is 18.6. The van der Waals surface area contributed by atoms with E-state index in [0.29, 0.717) is 59.7 Å². The second-order valence-corrected chi connectivity index (χ2v) is 10.4. The van der Waals surface area contributed by atoms with Crippen LogP contribution in [0, 0.1) is 0 Å². The van der Waals surface area contributed by atoms with Gasteiger partial charge in [-0.15, -0.1) is 0 Å². The first-order valence-corrected chi connectivity index (χ1v) is 12.7. The molecule has 3 aromatic carbocycles. The molecule has 1 unspecified atom stereocenters. The van der Waals surface area contributed by atoms with E-state index in [4.69, 9.17) is 27.9 Å². The van der Waals surface area contributed by atoms with Gasteiger partial charge in [-0.1, -0.05) is 57.3 Å². The highest BCUT2D eigenvalue weighted by molar-refractivity contribution is 9.10. The standard InChI is InChI=1S/C26H22BrCl2N3O3/c27-17-4-6-20(24(33)32-8-10-35-11-9-32)22(13-17)31-26(15-16-2-1-3-18(28)12-16)21-7-5-19(29)14-23(21)30-25(26)34/h1-7,12-14,31H,8-11,15H2,(H,30,34). The molecule has 1 saturated heterocycles. The predicted molar refractivity (Wildman–Crippen MR) is 141 cm³/mol. The molecular formula is C26H22BrCl2N3O3. The lowest BCUT2D eigenvalue weighted by molar-refractivity contribution is -0.119. The van der Waals surface area contributed by atoms with E-state index in [1.807, 2.05) is 36.4 Å². The Bertz CT molecular complexity index is 1310. The van der Waals surface area contributed by atoms with Gasteiger partial charge in [0.2, 0.25) is 0 Å². The van der Waals surface area contributed by atoms with Crippen LogP contribution < -0.4 is 10.6 Å². The molecule has 5 rings (SSSR count). The van der Waals surface area contributed by atoms with E-state index in [1.54, 1.807) is 29.2 Å². The minimum Gasteiger partial charge on any atom is -0.378 e. The molecule has 6 nitrogen and oxygen atoms in total. The van der Waals surface area contributed by atoms with E-state index in [2.05, 4.69) is 26.6 Å². The lowest BCUT2D eigenvalue weighted by Gasteiger charge is -2.32. The normalized spacial score (nSPS) is 19.3. The molecule has 35 heavy (non-hydrogen) atoms. The molecule has 180 valence electrons. The van der Waals surface area contributed by atoms with Crippen LogP contribution in [0.2, 0.25) is 10.0 Å². The first-order chi connectivity index (χ1) is 16.9.